The molecule has 0 bridgehead atoms. The van der Waals surface area contributed by atoms with Crippen molar-refractivity contribution in [2.75, 3.05) is 19.8 Å². The fourth-order valence-electron chi connectivity index (χ4n) is 2.76. The number of aromatic carboxylic acids is 1. The Balaban J connectivity index is 1.87. The Labute approximate surface area is 130 Å². The van der Waals surface area contributed by atoms with Crippen molar-refractivity contribution in [3.05, 3.63) is 35.4 Å². The van der Waals surface area contributed by atoms with E-state index in [1.807, 2.05) is 6.92 Å². The summed E-state index contributed by atoms with van der Waals surface area (Å²) in [6.07, 6.45) is 4.42. The molecule has 2 rings (SSSR count). The summed E-state index contributed by atoms with van der Waals surface area (Å²) in [4.78, 5) is 23.0. The molecule has 0 aromatic heterocycles. The zero-order valence-corrected chi connectivity index (χ0v) is 12.9. The van der Waals surface area contributed by atoms with Crippen LogP contribution in [0, 0.1) is 5.41 Å². The minimum Gasteiger partial charge on any atom is -0.478 e. The highest BCUT2D eigenvalue weighted by atomic mass is 16.5. The Bertz CT molecular complexity index is 520. The van der Waals surface area contributed by atoms with Crippen LogP contribution in [0.2, 0.25) is 0 Å². The van der Waals surface area contributed by atoms with Crippen molar-refractivity contribution in [3.8, 4) is 0 Å². The van der Waals surface area contributed by atoms with Crippen molar-refractivity contribution >= 4 is 11.9 Å². The van der Waals surface area contributed by atoms with Crippen LogP contribution < -0.4 is 5.32 Å². The summed E-state index contributed by atoms with van der Waals surface area (Å²) < 4.78 is 5.42. The Hall–Kier alpha value is -1.88. The normalized spacial score (nSPS) is 15.9. The summed E-state index contributed by atoms with van der Waals surface area (Å²) in [5, 5.41) is 11.8. The third kappa shape index (κ3) is 4.07. The summed E-state index contributed by atoms with van der Waals surface area (Å²) in [5.74, 6) is -1.14. The van der Waals surface area contributed by atoms with Crippen LogP contribution in [0.25, 0.3) is 0 Å². The highest BCUT2D eigenvalue weighted by Crippen LogP contribution is 2.43. The number of amides is 1. The summed E-state index contributed by atoms with van der Waals surface area (Å²) in [6, 6.07) is 6.00. The molecule has 120 valence electrons. The van der Waals surface area contributed by atoms with Crippen molar-refractivity contribution in [2.45, 2.75) is 32.6 Å². The van der Waals surface area contributed by atoms with Gasteiger partial charge in [0.25, 0.3) is 5.91 Å². The van der Waals surface area contributed by atoms with Crippen LogP contribution in [0.15, 0.2) is 24.3 Å². The molecule has 0 unspecified atom stereocenters. The minimum atomic E-state index is -0.990. The van der Waals surface area contributed by atoms with E-state index in [-0.39, 0.29) is 16.9 Å². The summed E-state index contributed by atoms with van der Waals surface area (Å²) in [7, 11) is 0. The van der Waals surface area contributed by atoms with E-state index >= 15 is 0 Å². The molecule has 0 radical (unpaired) electrons. The number of carboxylic acids is 1. The first-order valence-electron chi connectivity index (χ1n) is 7.76. The standard InChI is InChI=1S/C17H23NO4/c1-2-22-11-10-17(8-3-9-17)12-18-15(19)13-4-6-14(7-5-13)16(20)21/h4-7H,2-3,8-12H2,1H3,(H,18,19)(H,20,21). The van der Waals surface area contributed by atoms with Gasteiger partial charge in [0.1, 0.15) is 0 Å². The molecule has 1 aliphatic rings. The van der Waals surface area contributed by atoms with Crippen LogP contribution in [0.4, 0.5) is 0 Å². The molecule has 0 saturated heterocycles. The Morgan fingerprint density at radius 3 is 2.36 bits per heavy atom. The molecule has 1 aromatic rings. The lowest BCUT2D eigenvalue weighted by atomic mass is 9.66. The van der Waals surface area contributed by atoms with E-state index in [1.54, 1.807) is 12.1 Å². The topological polar surface area (TPSA) is 75.6 Å². The van der Waals surface area contributed by atoms with Gasteiger partial charge in [-0.3, -0.25) is 4.79 Å². The molecule has 0 heterocycles. The molecule has 1 aromatic carbocycles. The maximum absolute atomic E-state index is 12.2. The van der Waals surface area contributed by atoms with Gasteiger partial charge in [-0.25, -0.2) is 4.79 Å². The van der Waals surface area contributed by atoms with Gasteiger partial charge in [0.2, 0.25) is 0 Å². The molecule has 1 saturated carbocycles. The number of carbonyl (C=O) groups excluding carboxylic acids is 1. The lowest BCUT2D eigenvalue weighted by Gasteiger charge is -2.42. The third-order valence-electron chi connectivity index (χ3n) is 4.41. The van der Waals surface area contributed by atoms with Gasteiger partial charge in [-0.1, -0.05) is 6.42 Å². The number of hydrogen-bond donors (Lipinski definition) is 2. The van der Waals surface area contributed by atoms with Gasteiger partial charge in [0, 0.05) is 25.3 Å². The van der Waals surface area contributed by atoms with E-state index in [0.717, 1.165) is 32.5 Å². The Kier molecular flexibility index (Phi) is 5.55. The predicted octanol–water partition coefficient (Wildman–Crippen LogP) is 2.71. The maximum atomic E-state index is 12.2. The van der Waals surface area contributed by atoms with Crippen molar-refractivity contribution in [2.24, 2.45) is 5.41 Å². The molecular weight excluding hydrogens is 282 g/mol. The summed E-state index contributed by atoms with van der Waals surface area (Å²) in [6.45, 7) is 4.09. The SMILES string of the molecule is CCOCCC1(CNC(=O)c2ccc(C(=O)O)cc2)CCC1. The van der Waals surface area contributed by atoms with Crippen LogP contribution in [0.1, 0.15) is 53.3 Å². The zero-order chi connectivity index (χ0) is 16.0. The first-order valence-corrected chi connectivity index (χ1v) is 7.76. The zero-order valence-electron chi connectivity index (χ0n) is 12.9. The highest BCUT2D eigenvalue weighted by Gasteiger charge is 2.36. The van der Waals surface area contributed by atoms with Gasteiger partial charge in [-0.15, -0.1) is 0 Å². The Morgan fingerprint density at radius 1 is 1.23 bits per heavy atom. The molecule has 5 heteroatoms. The summed E-state index contributed by atoms with van der Waals surface area (Å²) in [5.41, 5.74) is 0.847. The molecule has 1 fully saturated rings. The largest absolute Gasteiger partial charge is 0.478 e. The quantitative estimate of drug-likeness (QED) is 0.724. The second-order valence-corrected chi connectivity index (χ2v) is 5.87. The van der Waals surface area contributed by atoms with E-state index in [1.165, 1.54) is 18.6 Å². The first-order chi connectivity index (χ1) is 10.6. The Morgan fingerprint density at radius 2 is 1.86 bits per heavy atom. The number of nitrogens with one attached hydrogen (secondary N) is 1. The molecule has 22 heavy (non-hydrogen) atoms. The minimum absolute atomic E-state index is 0.153. The molecule has 5 nitrogen and oxygen atoms in total. The van der Waals surface area contributed by atoms with E-state index in [0.29, 0.717) is 12.1 Å². The average molecular weight is 305 g/mol. The monoisotopic (exact) mass is 305 g/mol. The number of ether oxygens (including phenoxy) is 1. The lowest BCUT2D eigenvalue weighted by molar-refractivity contribution is 0.0513. The van der Waals surface area contributed by atoms with Gasteiger partial charge in [0.05, 0.1) is 5.56 Å². The number of carbonyl (C=O) groups is 2. The fourth-order valence-corrected chi connectivity index (χ4v) is 2.76. The van der Waals surface area contributed by atoms with Crippen molar-refractivity contribution < 1.29 is 19.4 Å². The van der Waals surface area contributed by atoms with Crippen molar-refractivity contribution in [3.63, 3.8) is 0 Å². The lowest BCUT2D eigenvalue weighted by Crippen LogP contribution is -2.42. The number of rotatable bonds is 8. The molecular formula is C17H23NO4. The highest BCUT2D eigenvalue weighted by molar-refractivity contribution is 5.95. The van der Waals surface area contributed by atoms with E-state index in [9.17, 15) is 9.59 Å². The van der Waals surface area contributed by atoms with Crippen LogP contribution >= 0.6 is 0 Å². The molecule has 0 aliphatic heterocycles. The van der Waals surface area contributed by atoms with Gasteiger partial charge >= 0.3 is 5.97 Å². The fraction of sp³-hybridized carbons (Fsp3) is 0.529. The van der Waals surface area contributed by atoms with Crippen LogP contribution in [-0.4, -0.2) is 36.7 Å². The number of hydrogen-bond acceptors (Lipinski definition) is 3. The average Bonchev–Trinajstić information content (AvgIpc) is 2.49. The van der Waals surface area contributed by atoms with Gasteiger partial charge in [-0.2, -0.15) is 0 Å². The van der Waals surface area contributed by atoms with Gasteiger partial charge < -0.3 is 15.2 Å². The van der Waals surface area contributed by atoms with Crippen LogP contribution in [-0.2, 0) is 4.74 Å². The predicted molar refractivity (Wildman–Crippen MR) is 83.1 cm³/mol. The number of benzene rings is 1. The van der Waals surface area contributed by atoms with Gasteiger partial charge in [0.15, 0.2) is 0 Å². The molecule has 2 N–H and O–H groups in total. The number of carboxylic acid groups (broad SMARTS) is 1. The first kappa shape index (κ1) is 16.5. The summed E-state index contributed by atoms with van der Waals surface area (Å²) >= 11 is 0. The maximum Gasteiger partial charge on any atom is 0.335 e. The van der Waals surface area contributed by atoms with E-state index in [4.69, 9.17) is 9.84 Å². The van der Waals surface area contributed by atoms with Gasteiger partial charge in [-0.05, 0) is 55.9 Å². The third-order valence-corrected chi connectivity index (χ3v) is 4.41. The van der Waals surface area contributed by atoms with Crippen molar-refractivity contribution in [1.82, 2.24) is 5.32 Å². The smallest absolute Gasteiger partial charge is 0.335 e. The van der Waals surface area contributed by atoms with Crippen LogP contribution in [0.3, 0.4) is 0 Å². The molecule has 0 spiro atoms. The second-order valence-electron chi connectivity index (χ2n) is 5.87. The van der Waals surface area contributed by atoms with E-state index in [2.05, 4.69) is 5.32 Å². The van der Waals surface area contributed by atoms with E-state index < -0.39 is 5.97 Å². The molecule has 1 amide bonds. The molecule has 0 atom stereocenters. The van der Waals surface area contributed by atoms with Crippen molar-refractivity contribution in [1.29, 1.82) is 0 Å². The molecule has 1 aliphatic carbocycles. The second kappa shape index (κ2) is 7.40. The van der Waals surface area contributed by atoms with Crippen LogP contribution in [0.5, 0.6) is 0 Å².